The molecule has 0 radical (unpaired) electrons. The molecule has 0 saturated heterocycles. The van der Waals surface area contributed by atoms with Crippen LogP contribution < -0.4 is 5.73 Å². The fraction of sp³-hybridized carbons (Fsp3) is 0.267. The van der Waals surface area contributed by atoms with E-state index in [4.69, 9.17) is 33.8 Å². The summed E-state index contributed by atoms with van der Waals surface area (Å²) in [4.78, 5) is 27.0. The topological polar surface area (TPSA) is 126 Å². The van der Waals surface area contributed by atoms with Crippen molar-refractivity contribution in [2.45, 2.75) is 26.8 Å². The Morgan fingerprint density at radius 1 is 1.42 bits per heavy atom. The summed E-state index contributed by atoms with van der Waals surface area (Å²) in [6, 6.07) is 4.60. The molecular formula is C15H15Cl2N5O4. The lowest BCUT2D eigenvalue weighted by atomic mass is 10.2. The number of aryl methyl sites for hydroxylation is 2. The standard InChI is InChI=1S/C15H15Cl2N5O4/c1-8-14(22(24)25)9(2)21(19-8)6-5-13(23)26-20-15(18)11-4-3-10(16)7-12(11)17/h3-4,7H,5-6H2,1-2H3,(H2,18,20). The van der Waals surface area contributed by atoms with Gasteiger partial charge in [0, 0.05) is 10.6 Å². The van der Waals surface area contributed by atoms with Crippen LogP contribution in [0, 0.1) is 24.0 Å². The zero-order valence-electron chi connectivity index (χ0n) is 13.9. The Kier molecular flexibility index (Phi) is 6.17. The lowest BCUT2D eigenvalue weighted by Crippen LogP contribution is -2.16. The van der Waals surface area contributed by atoms with Crippen molar-refractivity contribution in [3.05, 3.63) is 55.3 Å². The van der Waals surface area contributed by atoms with Crippen LogP contribution in [0.5, 0.6) is 0 Å². The van der Waals surface area contributed by atoms with Gasteiger partial charge >= 0.3 is 11.7 Å². The van der Waals surface area contributed by atoms with Gasteiger partial charge in [0.05, 0.1) is 22.9 Å². The Bertz CT molecular complexity index is 894. The van der Waals surface area contributed by atoms with Gasteiger partial charge in [-0.05, 0) is 32.0 Å². The first-order valence-electron chi connectivity index (χ1n) is 7.37. The van der Waals surface area contributed by atoms with Gasteiger partial charge in [-0.2, -0.15) is 5.10 Å². The van der Waals surface area contributed by atoms with Crippen molar-refractivity contribution < 1.29 is 14.6 Å². The molecule has 0 aliphatic heterocycles. The summed E-state index contributed by atoms with van der Waals surface area (Å²) in [5.41, 5.74) is 6.67. The van der Waals surface area contributed by atoms with E-state index in [0.717, 1.165) is 0 Å². The second-order valence-electron chi connectivity index (χ2n) is 5.31. The number of hydrogen-bond acceptors (Lipinski definition) is 6. The van der Waals surface area contributed by atoms with Gasteiger partial charge in [0.1, 0.15) is 11.4 Å². The van der Waals surface area contributed by atoms with Gasteiger partial charge in [0.15, 0.2) is 5.84 Å². The van der Waals surface area contributed by atoms with Crippen LogP contribution in [-0.4, -0.2) is 26.5 Å². The number of halogens is 2. The summed E-state index contributed by atoms with van der Waals surface area (Å²) < 4.78 is 1.37. The van der Waals surface area contributed by atoms with Gasteiger partial charge < -0.3 is 10.6 Å². The van der Waals surface area contributed by atoms with Crippen LogP contribution in [0.2, 0.25) is 10.0 Å². The Labute approximate surface area is 158 Å². The molecule has 1 heterocycles. The average Bonchev–Trinajstić information content (AvgIpc) is 2.84. The molecule has 11 heteroatoms. The normalized spacial score (nSPS) is 11.5. The predicted molar refractivity (Wildman–Crippen MR) is 96.3 cm³/mol. The molecule has 9 nitrogen and oxygen atoms in total. The molecule has 0 bridgehead atoms. The number of nitro groups is 1. The van der Waals surface area contributed by atoms with Crippen molar-refractivity contribution in [3.63, 3.8) is 0 Å². The minimum atomic E-state index is -0.673. The molecule has 26 heavy (non-hydrogen) atoms. The van der Waals surface area contributed by atoms with Crippen molar-refractivity contribution in [2.24, 2.45) is 10.9 Å². The molecule has 2 N–H and O–H groups in total. The Balaban J connectivity index is 1.99. The second-order valence-corrected chi connectivity index (χ2v) is 6.16. The lowest BCUT2D eigenvalue weighted by Gasteiger charge is -2.04. The first-order valence-corrected chi connectivity index (χ1v) is 8.13. The zero-order chi connectivity index (χ0) is 19.4. The first-order chi connectivity index (χ1) is 12.2. The third-order valence-electron chi connectivity index (χ3n) is 3.51. The molecule has 0 spiro atoms. The van der Waals surface area contributed by atoms with Crippen molar-refractivity contribution in [2.75, 3.05) is 0 Å². The summed E-state index contributed by atoms with van der Waals surface area (Å²) in [7, 11) is 0. The van der Waals surface area contributed by atoms with Crippen molar-refractivity contribution in [1.29, 1.82) is 0 Å². The van der Waals surface area contributed by atoms with Gasteiger partial charge in [-0.15, -0.1) is 0 Å². The van der Waals surface area contributed by atoms with Crippen LogP contribution in [0.15, 0.2) is 23.4 Å². The molecule has 2 rings (SSSR count). The Hall–Kier alpha value is -2.65. The van der Waals surface area contributed by atoms with Gasteiger partial charge in [-0.3, -0.25) is 14.8 Å². The summed E-state index contributed by atoms with van der Waals surface area (Å²) >= 11 is 11.8. The van der Waals surface area contributed by atoms with E-state index in [2.05, 4.69) is 10.3 Å². The summed E-state index contributed by atoms with van der Waals surface area (Å²) in [6.07, 6.45) is -0.0930. The summed E-state index contributed by atoms with van der Waals surface area (Å²) in [5.74, 6) is -0.755. The van der Waals surface area contributed by atoms with Crippen LogP contribution in [-0.2, 0) is 16.2 Å². The smallest absolute Gasteiger partial charge is 0.336 e. The number of rotatable bonds is 6. The molecular weight excluding hydrogens is 385 g/mol. The zero-order valence-corrected chi connectivity index (χ0v) is 15.4. The Morgan fingerprint density at radius 2 is 2.12 bits per heavy atom. The fourth-order valence-corrected chi connectivity index (χ4v) is 2.76. The highest BCUT2D eigenvalue weighted by Gasteiger charge is 2.22. The molecule has 0 amide bonds. The number of nitrogens with zero attached hydrogens (tertiary/aromatic N) is 4. The maximum atomic E-state index is 11.8. The van der Waals surface area contributed by atoms with E-state index in [1.807, 2.05) is 0 Å². The number of hydrogen-bond donors (Lipinski definition) is 1. The van der Waals surface area contributed by atoms with Crippen LogP contribution in [0.25, 0.3) is 0 Å². The second kappa shape index (κ2) is 8.15. The first kappa shape index (κ1) is 19.7. The highest BCUT2D eigenvalue weighted by Crippen LogP contribution is 2.22. The third-order valence-corrected chi connectivity index (χ3v) is 4.05. The molecule has 0 aliphatic carbocycles. The van der Waals surface area contributed by atoms with Crippen LogP contribution in [0.1, 0.15) is 23.4 Å². The molecule has 1 aromatic heterocycles. The minimum Gasteiger partial charge on any atom is -0.380 e. The van der Waals surface area contributed by atoms with Crippen molar-refractivity contribution in [3.8, 4) is 0 Å². The number of oxime groups is 1. The number of carbonyl (C=O) groups excluding carboxylic acids is 1. The Morgan fingerprint density at radius 3 is 2.69 bits per heavy atom. The van der Waals surface area contributed by atoms with E-state index in [0.29, 0.717) is 16.3 Å². The van der Waals surface area contributed by atoms with Crippen LogP contribution in [0.3, 0.4) is 0 Å². The number of aromatic nitrogens is 2. The average molecular weight is 400 g/mol. The molecule has 1 aromatic carbocycles. The van der Waals surface area contributed by atoms with Crippen molar-refractivity contribution in [1.82, 2.24) is 9.78 Å². The quantitative estimate of drug-likeness (QED) is 0.261. The summed E-state index contributed by atoms with van der Waals surface area (Å²) in [5, 5.41) is 19.3. The van der Waals surface area contributed by atoms with E-state index in [1.54, 1.807) is 19.1 Å². The van der Waals surface area contributed by atoms with E-state index < -0.39 is 10.9 Å². The number of amidine groups is 1. The molecule has 0 aliphatic rings. The summed E-state index contributed by atoms with van der Waals surface area (Å²) in [6.45, 7) is 3.19. The molecule has 138 valence electrons. The minimum absolute atomic E-state index is 0.0713. The molecule has 2 aromatic rings. The molecule has 0 unspecified atom stereocenters. The van der Waals surface area contributed by atoms with Gasteiger partial charge in [-0.1, -0.05) is 28.4 Å². The predicted octanol–water partition coefficient (Wildman–Crippen LogP) is 2.97. The highest BCUT2D eigenvalue weighted by molar-refractivity contribution is 6.36. The monoisotopic (exact) mass is 399 g/mol. The third kappa shape index (κ3) is 4.50. The van der Waals surface area contributed by atoms with E-state index >= 15 is 0 Å². The van der Waals surface area contributed by atoms with Gasteiger partial charge in [-0.25, -0.2) is 4.79 Å². The molecule has 0 fully saturated rings. The number of benzene rings is 1. The largest absolute Gasteiger partial charge is 0.380 e. The van der Waals surface area contributed by atoms with E-state index in [-0.39, 0.29) is 35.2 Å². The van der Waals surface area contributed by atoms with Gasteiger partial charge in [0.2, 0.25) is 0 Å². The highest BCUT2D eigenvalue weighted by atomic mass is 35.5. The fourth-order valence-electron chi connectivity index (χ4n) is 2.26. The maximum absolute atomic E-state index is 11.8. The van der Waals surface area contributed by atoms with Crippen molar-refractivity contribution >= 4 is 40.7 Å². The molecule has 0 atom stereocenters. The maximum Gasteiger partial charge on any atom is 0.336 e. The number of nitrogens with two attached hydrogens (primary N) is 1. The molecule has 0 saturated carbocycles. The van der Waals surface area contributed by atoms with Crippen LogP contribution in [0.4, 0.5) is 5.69 Å². The lowest BCUT2D eigenvalue weighted by molar-refractivity contribution is -0.386. The van der Waals surface area contributed by atoms with Crippen LogP contribution >= 0.6 is 23.2 Å². The SMILES string of the molecule is Cc1nn(CCC(=O)O/N=C(\N)c2ccc(Cl)cc2Cl)c(C)c1[N+](=O)[O-]. The van der Waals surface area contributed by atoms with Gasteiger partial charge in [0.25, 0.3) is 0 Å². The number of carbonyl (C=O) groups is 1. The van der Waals surface area contributed by atoms with E-state index in [1.165, 1.54) is 17.7 Å². The van der Waals surface area contributed by atoms with E-state index in [9.17, 15) is 14.9 Å².